The van der Waals surface area contributed by atoms with E-state index in [0.717, 1.165) is 44.5 Å². The molecule has 126 heavy (non-hydrogen) atoms. The van der Waals surface area contributed by atoms with Crippen molar-refractivity contribution < 1.29 is 89.5 Å². The van der Waals surface area contributed by atoms with Gasteiger partial charge in [0.2, 0.25) is 0 Å². The van der Waals surface area contributed by atoms with Crippen molar-refractivity contribution in [2.45, 2.75) is 10.8 Å². The third kappa shape index (κ3) is 19.3. The van der Waals surface area contributed by atoms with Gasteiger partial charge >= 0.3 is 89.5 Å². The van der Waals surface area contributed by atoms with Crippen LogP contribution in [0.1, 0.15) is 66.8 Å². The third-order valence-electron chi connectivity index (χ3n) is 23.1. The predicted octanol–water partition coefficient (Wildman–Crippen LogP) is 21.2. The van der Waals surface area contributed by atoms with Gasteiger partial charge in [0.25, 0.3) is 0 Å². The van der Waals surface area contributed by atoms with E-state index in [0.29, 0.717) is 0 Å². The first-order valence-electron chi connectivity index (χ1n) is 41.0. The summed E-state index contributed by atoms with van der Waals surface area (Å²) in [6, 6.07) is 174. The summed E-state index contributed by atoms with van der Waals surface area (Å²) in [4.78, 5) is 0. The molecule has 0 saturated carbocycles. The first-order valence-corrected chi connectivity index (χ1v) is 47.0. The van der Waals surface area contributed by atoms with Crippen molar-refractivity contribution in [2.24, 2.45) is 0 Å². The van der Waals surface area contributed by atoms with E-state index < -0.39 is 42.5 Å². The van der Waals surface area contributed by atoms with E-state index in [2.05, 4.69) is 436 Å². The summed E-state index contributed by atoms with van der Waals surface area (Å²) >= 11 is 0. The minimum Gasteiger partial charge on any atom is -0.366 e. The number of hydrogen-bond donors (Lipinski definition) is 0. The van der Waals surface area contributed by atoms with Crippen molar-refractivity contribution in [3.63, 3.8) is 0 Å². The first-order chi connectivity index (χ1) is 60.4. The fourth-order valence-corrected chi connectivity index (χ4v) is 29.9. The SMILES string of the molecule is [Au+].[Au+].[Au+].[Au+].[C-]#Cc1ccc2c(c1)-c1cc(C#[C-])ccc1C2(c1ccccc1)c1ccccc1.[C-]#Cc1ccc2c(c1)-c1cc(C#[C-])ccc1C2(c1ccccc1)c1ccccc1.c1ccc([PH+](c2ccccc2)c2ccccc2[PH+](c2ccccc2)c2ccccc2)cc1.c1ccc([PH+](c2ccccc2)c2ccccc2[PH+](c2ccccc2)c2ccccc2)cc1. The van der Waals surface area contributed by atoms with Gasteiger partial charge in [-0.2, -0.15) is 0 Å². The monoisotopic (exact) mass is 2410 g/mol. The Morgan fingerprint density at radius 1 is 0.159 bits per heavy atom. The molecule has 8 heteroatoms. The van der Waals surface area contributed by atoms with Gasteiger partial charge < -0.3 is 25.7 Å². The molecule has 2 aliphatic carbocycles. The Labute approximate surface area is 811 Å². The van der Waals surface area contributed by atoms with Crippen LogP contribution in [0.5, 0.6) is 0 Å². The molecule has 18 aromatic carbocycles. The van der Waals surface area contributed by atoms with Crippen LogP contribution in [0.25, 0.3) is 22.3 Å². The molecule has 2 aliphatic rings. The summed E-state index contributed by atoms with van der Waals surface area (Å²) in [6.45, 7) is 0. The van der Waals surface area contributed by atoms with E-state index in [-0.39, 0.29) is 89.5 Å². The standard InChI is InChI=1S/2C30H24P2.2C29H16.4Au/c2*1-5-15-25(16-6-1)31(26-17-7-2-8-18-26)29-23-13-14-24-30(29)32(27-19-9-3-10-20-27)28-21-11-4-12-22-28;2*1-3-21-15-17-27-25(19-21)26-20-22(4-2)16-18-28(26)29(27,23-11-7-5-8-12-23)24-13-9-6-10-14-24;;;;/h2*1-24H;2*5-20H;;;;/q;;2*-2;4*+1/p+4. The quantitative estimate of drug-likeness (QED) is 0.0391. The molecule has 18 aromatic rings. The van der Waals surface area contributed by atoms with Gasteiger partial charge in [0.1, 0.15) is 95.3 Å². The van der Waals surface area contributed by atoms with Crippen LogP contribution in [0.2, 0.25) is 0 Å². The summed E-state index contributed by atoms with van der Waals surface area (Å²) in [5.74, 6) is 10.1. The van der Waals surface area contributed by atoms with Gasteiger partial charge in [-0.15, -0.1) is 70.8 Å². The molecule has 0 aromatic heterocycles. The molecule has 0 aliphatic heterocycles. The minimum absolute atomic E-state index is 0. The van der Waals surface area contributed by atoms with E-state index in [4.69, 9.17) is 25.7 Å². The fraction of sp³-hybridized carbons (Fsp3) is 0.0169. The molecular formula is C118H84Au4P4+4. The maximum Gasteiger partial charge on any atom is 1.00 e. The number of hydrogen-bond acceptors (Lipinski definition) is 0. The second-order valence-corrected chi connectivity index (χ2v) is 39.8. The van der Waals surface area contributed by atoms with Gasteiger partial charge in [0.15, 0.2) is 0 Å². The Balaban J connectivity index is 0.000000143. The van der Waals surface area contributed by atoms with E-state index in [9.17, 15) is 0 Å². The van der Waals surface area contributed by atoms with Crippen LogP contribution in [0.3, 0.4) is 0 Å². The summed E-state index contributed by atoms with van der Waals surface area (Å²) in [5.41, 5.74) is 16.0. The Hall–Kier alpha value is -11.1. The average Bonchev–Trinajstić information content (AvgIpc) is 1.54. The van der Waals surface area contributed by atoms with Crippen molar-refractivity contribution in [2.75, 3.05) is 0 Å². The van der Waals surface area contributed by atoms with Crippen LogP contribution >= 0.6 is 31.7 Å². The van der Waals surface area contributed by atoms with Crippen molar-refractivity contribution in [1.29, 1.82) is 0 Å². The van der Waals surface area contributed by atoms with Crippen LogP contribution in [0, 0.1) is 49.4 Å². The van der Waals surface area contributed by atoms with Gasteiger partial charge in [-0.25, -0.2) is 0 Å². The smallest absolute Gasteiger partial charge is 0.366 e. The summed E-state index contributed by atoms with van der Waals surface area (Å²) in [7, 11) is -4.56. The summed E-state index contributed by atoms with van der Waals surface area (Å²) in [6.07, 6.45) is 30.4. The van der Waals surface area contributed by atoms with E-state index >= 15 is 0 Å². The Bertz CT molecular complexity index is 5800. The van der Waals surface area contributed by atoms with Gasteiger partial charge in [0.05, 0.1) is 10.8 Å². The zero-order valence-electron chi connectivity index (χ0n) is 68.4. The molecule has 0 amide bonds. The molecular weight excluding hydrogens is 2330 g/mol. The summed E-state index contributed by atoms with van der Waals surface area (Å²) < 4.78 is 0. The molecule has 0 atom stereocenters. The van der Waals surface area contributed by atoms with Crippen molar-refractivity contribution in [3.05, 3.63) is 578 Å². The van der Waals surface area contributed by atoms with Crippen molar-refractivity contribution >= 4 is 95.3 Å². The van der Waals surface area contributed by atoms with Crippen LogP contribution < -0.4 is 63.7 Å². The van der Waals surface area contributed by atoms with Crippen LogP contribution in [-0.4, -0.2) is 0 Å². The molecule has 0 nitrogen and oxygen atoms in total. The normalized spacial score (nSPS) is 11.6. The third-order valence-corrected chi connectivity index (χ3v) is 34.8. The van der Waals surface area contributed by atoms with Crippen molar-refractivity contribution in [3.8, 4) is 45.9 Å². The maximum absolute atomic E-state index is 7.60. The molecule has 616 valence electrons. The van der Waals surface area contributed by atoms with E-state index in [1.54, 1.807) is 0 Å². The first kappa shape index (κ1) is 92.5. The average molecular weight is 2410 g/mol. The topological polar surface area (TPSA) is 0 Å². The van der Waals surface area contributed by atoms with E-state index in [1.165, 1.54) is 108 Å². The molecule has 0 N–H and O–H groups in total. The number of fused-ring (bicyclic) bond motifs is 6. The Kier molecular flexibility index (Phi) is 32.6. The van der Waals surface area contributed by atoms with Gasteiger partial charge in [-0.1, -0.05) is 315 Å². The minimum atomic E-state index is -1.14. The molecule has 0 spiro atoms. The maximum atomic E-state index is 7.60. The number of rotatable bonds is 16. The van der Waals surface area contributed by atoms with Crippen LogP contribution in [0.15, 0.2) is 485 Å². The molecule has 0 heterocycles. The van der Waals surface area contributed by atoms with Crippen molar-refractivity contribution in [1.82, 2.24) is 0 Å². The molecule has 0 radical (unpaired) electrons. The molecule has 0 bridgehead atoms. The largest absolute Gasteiger partial charge is 1.00 e. The molecule has 0 unspecified atom stereocenters. The van der Waals surface area contributed by atoms with Gasteiger partial charge in [-0.3, -0.25) is 23.7 Å². The zero-order valence-corrected chi connectivity index (χ0v) is 81.1. The van der Waals surface area contributed by atoms with Gasteiger partial charge in [0, 0.05) is 0 Å². The Morgan fingerprint density at radius 3 is 0.437 bits per heavy atom. The van der Waals surface area contributed by atoms with Crippen LogP contribution in [-0.2, 0) is 100 Å². The van der Waals surface area contributed by atoms with Crippen LogP contribution in [0.4, 0.5) is 0 Å². The second-order valence-electron chi connectivity index (χ2n) is 30.0. The summed E-state index contributed by atoms with van der Waals surface area (Å²) in [5, 5.41) is 17.4. The van der Waals surface area contributed by atoms with E-state index in [1.807, 2.05) is 72.8 Å². The second kappa shape index (κ2) is 44.4. The molecule has 0 fully saturated rings. The Morgan fingerprint density at radius 2 is 0.294 bits per heavy atom. The fourth-order valence-electron chi connectivity index (χ4n) is 17.9. The van der Waals surface area contributed by atoms with Gasteiger partial charge in [-0.05, 0) is 188 Å². The molecule has 20 rings (SSSR count). The zero-order chi connectivity index (χ0) is 82.9. The molecule has 0 saturated heterocycles. The predicted molar refractivity (Wildman–Crippen MR) is 526 cm³/mol. The number of benzene rings is 18.